The van der Waals surface area contributed by atoms with Gasteiger partial charge in [0.25, 0.3) is 0 Å². The number of hydrogen-bond donors (Lipinski definition) is 2. The van der Waals surface area contributed by atoms with Crippen molar-refractivity contribution < 1.29 is 29.3 Å². The summed E-state index contributed by atoms with van der Waals surface area (Å²) in [5, 5.41) is 22.5. The summed E-state index contributed by atoms with van der Waals surface area (Å²) in [6.07, 6.45) is 1.43. The highest BCUT2D eigenvalue weighted by Gasteiger charge is 2.28. The maximum Gasteiger partial charge on any atom is 0.316 e. The van der Waals surface area contributed by atoms with Gasteiger partial charge in [-0.1, -0.05) is 50.2 Å². The molecule has 38 heavy (non-hydrogen) atoms. The zero-order valence-electron chi connectivity index (χ0n) is 22.9. The molecule has 4 aromatic carbocycles. The van der Waals surface area contributed by atoms with Gasteiger partial charge in [-0.15, -0.1) is 0 Å². The Morgan fingerprint density at radius 3 is 1.82 bits per heavy atom. The molecule has 6 nitrogen and oxygen atoms in total. The second-order valence-electron chi connectivity index (χ2n) is 10.5. The van der Waals surface area contributed by atoms with Crippen LogP contribution in [0.2, 0.25) is 0 Å². The molecule has 0 fully saturated rings. The molecular weight excluding hydrogens is 480 g/mol. The van der Waals surface area contributed by atoms with Gasteiger partial charge >= 0.3 is 11.9 Å². The number of carbonyl (C=O) groups is 2. The normalized spacial score (nSPS) is 11.5. The second-order valence-corrected chi connectivity index (χ2v) is 10.5. The first-order valence-electron chi connectivity index (χ1n) is 12.8. The molecule has 0 atom stereocenters. The van der Waals surface area contributed by atoms with Crippen molar-refractivity contribution >= 4 is 33.5 Å². The van der Waals surface area contributed by atoms with Gasteiger partial charge in [-0.25, -0.2) is 0 Å². The Kier molecular flexibility index (Phi) is 8.67. The van der Waals surface area contributed by atoms with E-state index < -0.39 is 10.8 Å². The molecule has 0 spiro atoms. The molecule has 0 saturated carbocycles. The number of carbonyl (C=O) groups excluding carboxylic acids is 2. The van der Waals surface area contributed by atoms with Crippen LogP contribution in [0.4, 0.5) is 0 Å². The molecule has 0 bridgehead atoms. The summed E-state index contributed by atoms with van der Waals surface area (Å²) >= 11 is 0. The largest absolute Gasteiger partial charge is 0.507 e. The summed E-state index contributed by atoms with van der Waals surface area (Å²) in [5.74, 6) is 0.902. The first kappa shape index (κ1) is 28.5. The van der Waals surface area contributed by atoms with E-state index in [0.29, 0.717) is 23.3 Å². The average molecular weight is 517 g/mol. The number of aromatic hydroxyl groups is 2. The van der Waals surface area contributed by atoms with Crippen LogP contribution in [-0.2, 0) is 9.59 Å². The van der Waals surface area contributed by atoms with Crippen molar-refractivity contribution in [2.75, 3.05) is 0 Å². The monoisotopic (exact) mass is 516 g/mol. The van der Waals surface area contributed by atoms with E-state index in [1.54, 1.807) is 60.7 Å². The number of benzene rings is 4. The molecule has 0 aromatic heterocycles. The van der Waals surface area contributed by atoms with Gasteiger partial charge in [-0.05, 0) is 82.3 Å². The number of rotatable bonds is 6. The van der Waals surface area contributed by atoms with E-state index in [0.717, 1.165) is 22.6 Å². The van der Waals surface area contributed by atoms with Crippen LogP contribution in [0.5, 0.6) is 23.0 Å². The van der Waals surface area contributed by atoms with Gasteiger partial charge in [-0.2, -0.15) is 0 Å². The molecule has 0 radical (unpaired) electrons. The van der Waals surface area contributed by atoms with E-state index in [1.165, 1.54) is 0 Å². The summed E-state index contributed by atoms with van der Waals surface area (Å²) in [4.78, 5) is 24.1. The Labute approximate surface area is 223 Å². The van der Waals surface area contributed by atoms with E-state index >= 15 is 0 Å². The summed E-state index contributed by atoms with van der Waals surface area (Å²) < 4.78 is 10.9. The van der Waals surface area contributed by atoms with Crippen molar-refractivity contribution in [3.8, 4) is 23.0 Å². The quantitative estimate of drug-likeness (QED) is 0.201. The Hall–Kier alpha value is -4.06. The molecule has 0 aliphatic rings. The second kappa shape index (κ2) is 11.5. The molecule has 0 saturated heterocycles. The highest BCUT2D eigenvalue weighted by atomic mass is 16.5. The predicted molar refractivity (Wildman–Crippen MR) is 151 cm³/mol. The molecule has 2 N–H and O–H groups in total. The van der Waals surface area contributed by atoms with Crippen molar-refractivity contribution in [3.63, 3.8) is 0 Å². The van der Waals surface area contributed by atoms with E-state index in [4.69, 9.17) is 9.47 Å². The molecule has 6 heteroatoms. The SMILES string of the molecule is CCC(C)(C)C(=O)Oc1ccc2c(O)cccc2c1.CCC(C)(C)C(=O)Oc1cccc2c(O)cccc12. The lowest BCUT2D eigenvalue weighted by atomic mass is 9.90. The predicted octanol–water partition coefficient (Wildman–Crippen LogP) is 7.77. The van der Waals surface area contributed by atoms with Crippen LogP contribution in [0.15, 0.2) is 72.8 Å². The smallest absolute Gasteiger partial charge is 0.316 e. The number of phenols is 2. The minimum atomic E-state index is -0.515. The highest BCUT2D eigenvalue weighted by Crippen LogP contribution is 2.33. The van der Waals surface area contributed by atoms with E-state index in [9.17, 15) is 19.8 Å². The molecule has 0 amide bonds. The number of hydrogen-bond acceptors (Lipinski definition) is 6. The maximum absolute atomic E-state index is 12.1. The average Bonchev–Trinajstić information content (AvgIpc) is 2.89. The maximum atomic E-state index is 12.1. The van der Waals surface area contributed by atoms with Gasteiger partial charge in [0, 0.05) is 16.2 Å². The summed E-state index contributed by atoms with van der Waals surface area (Å²) in [5.41, 5.74) is -1.01. The van der Waals surface area contributed by atoms with E-state index in [2.05, 4.69) is 0 Å². The molecule has 0 unspecified atom stereocenters. The van der Waals surface area contributed by atoms with Gasteiger partial charge in [-0.3, -0.25) is 9.59 Å². The molecule has 0 aliphatic carbocycles. The van der Waals surface area contributed by atoms with Gasteiger partial charge in [0.2, 0.25) is 0 Å². The van der Waals surface area contributed by atoms with Crippen molar-refractivity contribution in [2.24, 2.45) is 10.8 Å². The third-order valence-corrected chi connectivity index (χ3v) is 6.97. The van der Waals surface area contributed by atoms with Gasteiger partial charge in [0.05, 0.1) is 10.8 Å². The minimum absolute atomic E-state index is 0.185. The number of phenolic OH excluding ortho intramolecular Hbond substituents is 2. The lowest BCUT2D eigenvalue weighted by Crippen LogP contribution is -2.28. The van der Waals surface area contributed by atoms with Crippen LogP contribution in [0.25, 0.3) is 21.5 Å². The molecule has 4 aromatic rings. The van der Waals surface area contributed by atoms with Crippen LogP contribution in [0.1, 0.15) is 54.4 Å². The third kappa shape index (κ3) is 6.43. The van der Waals surface area contributed by atoms with Crippen LogP contribution in [0.3, 0.4) is 0 Å². The summed E-state index contributed by atoms with van der Waals surface area (Å²) in [7, 11) is 0. The van der Waals surface area contributed by atoms with Crippen LogP contribution >= 0.6 is 0 Å². The lowest BCUT2D eigenvalue weighted by Gasteiger charge is -2.20. The van der Waals surface area contributed by atoms with E-state index in [1.807, 2.05) is 53.7 Å². The topological polar surface area (TPSA) is 93.1 Å². The molecule has 0 heterocycles. The fraction of sp³-hybridized carbons (Fsp3) is 0.312. The highest BCUT2D eigenvalue weighted by molar-refractivity contribution is 5.94. The zero-order valence-corrected chi connectivity index (χ0v) is 22.9. The zero-order chi connectivity index (χ0) is 28.1. The Morgan fingerprint density at radius 1 is 0.658 bits per heavy atom. The van der Waals surface area contributed by atoms with Gasteiger partial charge < -0.3 is 19.7 Å². The van der Waals surface area contributed by atoms with Gasteiger partial charge in [0.1, 0.15) is 23.0 Å². The van der Waals surface area contributed by atoms with Crippen LogP contribution in [0, 0.1) is 10.8 Å². The van der Waals surface area contributed by atoms with Crippen molar-refractivity contribution in [1.82, 2.24) is 0 Å². The fourth-order valence-electron chi connectivity index (χ4n) is 3.43. The lowest BCUT2D eigenvalue weighted by molar-refractivity contribution is -0.144. The van der Waals surface area contributed by atoms with Crippen molar-refractivity contribution in [2.45, 2.75) is 54.4 Å². The molecule has 4 rings (SSSR count). The Balaban J connectivity index is 0.000000211. The molecule has 0 aliphatic heterocycles. The first-order chi connectivity index (χ1) is 17.9. The third-order valence-electron chi connectivity index (χ3n) is 6.97. The van der Waals surface area contributed by atoms with Gasteiger partial charge in [0.15, 0.2) is 0 Å². The van der Waals surface area contributed by atoms with Crippen molar-refractivity contribution in [3.05, 3.63) is 72.8 Å². The minimum Gasteiger partial charge on any atom is -0.507 e. The Bertz CT molecular complexity index is 1450. The summed E-state index contributed by atoms with van der Waals surface area (Å²) in [6.45, 7) is 11.4. The van der Waals surface area contributed by atoms with E-state index in [-0.39, 0.29) is 23.4 Å². The number of fused-ring (bicyclic) bond motifs is 2. The molecule has 200 valence electrons. The van der Waals surface area contributed by atoms with Crippen molar-refractivity contribution in [1.29, 1.82) is 0 Å². The fourth-order valence-corrected chi connectivity index (χ4v) is 3.43. The Morgan fingerprint density at radius 2 is 1.18 bits per heavy atom. The summed E-state index contributed by atoms with van der Waals surface area (Å²) in [6, 6.07) is 21.0. The van der Waals surface area contributed by atoms with Crippen LogP contribution < -0.4 is 9.47 Å². The molecular formula is C32H36O6. The first-order valence-corrected chi connectivity index (χ1v) is 12.8. The number of esters is 2. The number of ether oxygens (including phenoxy) is 2. The van der Waals surface area contributed by atoms with Crippen LogP contribution in [-0.4, -0.2) is 22.2 Å². The standard InChI is InChI=1S/2C16H18O3/c1-4-16(2,3)15(18)19-14-10-6-7-11-12(14)8-5-9-13(11)17;1-4-16(2,3)15(18)19-12-8-9-13-11(10-12)6-5-7-14(13)17/h2*5-10,17H,4H2,1-3H3.